The molecule has 1 N–H and O–H groups in total. The first-order chi connectivity index (χ1) is 10.0. The number of nitrogens with one attached hydrogen (secondary N) is 1. The maximum Gasteiger partial charge on any atom is 0.129 e. The monoisotopic (exact) mass is 437 g/mol. The molecule has 1 unspecified atom stereocenters. The van der Waals surface area contributed by atoms with Crippen LogP contribution in [-0.2, 0) is 6.42 Å². The molecule has 1 heterocycles. The average molecular weight is 439 g/mol. The van der Waals surface area contributed by atoms with Gasteiger partial charge in [-0.05, 0) is 68.9 Å². The highest BCUT2D eigenvalue weighted by Crippen LogP contribution is 2.36. The van der Waals surface area contributed by atoms with Crippen molar-refractivity contribution in [2.24, 2.45) is 0 Å². The molecular formula is C15H15Br2F2NS. The molecule has 0 spiro atoms. The first-order valence-electron chi connectivity index (χ1n) is 6.63. The first-order valence-corrected chi connectivity index (χ1v) is 9.03. The van der Waals surface area contributed by atoms with Gasteiger partial charge in [-0.25, -0.2) is 8.78 Å². The molecule has 1 atom stereocenters. The van der Waals surface area contributed by atoms with Crippen LogP contribution >= 0.6 is 43.2 Å². The van der Waals surface area contributed by atoms with Gasteiger partial charge in [0.15, 0.2) is 0 Å². The van der Waals surface area contributed by atoms with Crippen LogP contribution in [-0.4, -0.2) is 6.54 Å². The molecule has 1 aromatic carbocycles. The molecule has 0 aliphatic carbocycles. The van der Waals surface area contributed by atoms with E-state index in [4.69, 9.17) is 0 Å². The summed E-state index contributed by atoms with van der Waals surface area (Å²) < 4.78 is 28.9. The highest BCUT2D eigenvalue weighted by molar-refractivity contribution is 9.13. The second kappa shape index (κ2) is 7.81. The lowest BCUT2D eigenvalue weighted by Crippen LogP contribution is -2.23. The summed E-state index contributed by atoms with van der Waals surface area (Å²) in [6.07, 6.45) is 1.49. The standard InChI is InChI=1S/C15H15Br2F2NS/c1-2-5-20-13(14-8-11(16)15(17)21-14)6-9-3-4-10(18)7-12(9)19/h3-4,7-8,13,20H,2,5-6H2,1H3. The Hall–Kier alpha value is -0.300. The third-order valence-corrected chi connectivity index (χ3v) is 6.46. The number of hydrogen-bond donors (Lipinski definition) is 1. The van der Waals surface area contributed by atoms with Gasteiger partial charge in [0.25, 0.3) is 0 Å². The molecule has 6 heteroatoms. The van der Waals surface area contributed by atoms with Crippen LogP contribution in [0.3, 0.4) is 0 Å². The molecule has 0 aliphatic rings. The fourth-order valence-corrected chi connectivity index (χ4v) is 4.20. The van der Waals surface area contributed by atoms with Gasteiger partial charge in [-0.2, -0.15) is 0 Å². The molecule has 0 saturated heterocycles. The van der Waals surface area contributed by atoms with Crippen LogP contribution in [0.4, 0.5) is 8.78 Å². The minimum absolute atomic E-state index is 0.0116. The van der Waals surface area contributed by atoms with Crippen molar-refractivity contribution in [2.75, 3.05) is 6.54 Å². The fourth-order valence-electron chi connectivity index (χ4n) is 2.03. The summed E-state index contributed by atoms with van der Waals surface area (Å²) in [5.41, 5.74) is 0.519. The van der Waals surface area contributed by atoms with Crippen LogP contribution in [0.15, 0.2) is 32.5 Å². The van der Waals surface area contributed by atoms with E-state index in [1.165, 1.54) is 12.1 Å². The number of thiophene rings is 1. The minimum Gasteiger partial charge on any atom is -0.309 e. The molecule has 1 nitrogen and oxygen atoms in total. The molecule has 1 aromatic heterocycles. The van der Waals surface area contributed by atoms with Crippen molar-refractivity contribution in [2.45, 2.75) is 25.8 Å². The smallest absolute Gasteiger partial charge is 0.129 e. The molecule has 114 valence electrons. The Morgan fingerprint density at radius 1 is 1.24 bits per heavy atom. The highest BCUT2D eigenvalue weighted by atomic mass is 79.9. The predicted octanol–water partition coefficient (Wildman–Crippen LogP) is 5.83. The van der Waals surface area contributed by atoms with Crippen LogP contribution in [0.25, 0.3) is 0 Å². The normalized spacial score (nSPS) is 12.6. The lowest BCUT2D eigenvalue weighted by molar-refractivity contribution is 0.513. The molecule has 0 bridgehead atoms. The third kappa shape index (κ3) is 4.58. The molecule has 0 radical (unpaired) electrons. The molecule has 2 aromatic rings. The molecule has 0 saturated carbocycles. The number of halogens is 4. The van der Waals surface area contributed by atoms with E-state index in [-0.39, 0.29) is 6.04 Å². The minimum atomic E-state index is -0.545. The Kier molecular flexibility index (Phi) is 6.34. The van der Waals surface area contributed by atoms with E-state index in [0.717, 1.165) is 32.2 Å². The summed E-state index contributed by atoms with van der Waals surface area (Å²) in [6, 6.07) is 5.80. The number of hydrogen-bond acceptors (Lipinski definition) is 2. The van der Waals surface area contributed by atoms with E-state index in [2.05, 4.69) is 44.1 Å². The molecule has 0 aliphatic heterocycles. The highest BCUT2D eigenvalue weighted by Gasteiger charge is 2.18. The van der Waals surface area contributed by atoms with Gasteiger partial charge < -0.3 is 5.32 Å². The van der Waals surface area contributed by atoms with E-state index in [1.54, 1.807) is 11.3 Å². The largest absolute Gasteiger partial charge is 0.309 e. The number of rotatable bonds is 6. The Labute approximate surface area is 144 Å². The second-order valence-electron chi connectivity index (χ2n) is 4.72. The van der Waals surface area contributed by atoms with E-state index < -0.39 is 11.6 Å². The van der Waals surface area contributed by atoms with Crippen LogP contribution in [0.5, 0.6) is 0 Å². The fraction of sp³-hybridized carbons (Fsp3) is 0.333. The van der Waals surface area contributed by atoms with Crippen LogP contribution in [0.1, 0.15) is 29.8 Å². The zero-order chi connectivity index (χ0) is 15.4. The zero-order valence-electron chi connectivity index (χ0n) is 11.4. The second-order valence-corrected chi connectivity index (χ2v) is 7.97. The maximum absolute atomic E-state index is 13.9. The van der Waals surface area contributed by atoms with E-state index in [0.29, 0.717) is 12.0 Å². The zero-order valence-corrected chi connectivity index (χ0v) is 15.4. The Bertz CT molecular complexity index is 596. The summed E-state index contributed by atoms with van der Waals surface area (Å²) in [4.78, 5) is 1.12. The van der Waals surface area contributed by atoms with Crippen LogP contribution in [0.2, 0.25) is 0 Å². The molecule has 2 rings (SSSR count). The lowest BCUT2D eigenvalue weighted by atomic mass is 10.0. The van der Waals surface area contributed by atoms with Gasteiger partial charge in [0.05, 0.1) is 3.79 Å². The van der Waals surface area contributed by atoms with Crippen LogP contribution in [0, 0.1) is 11.6 Å². The van der Waals surface area contributed by atoms with Gasteiger partial charge in [-0.1, -0.05) is 13.0 Å². The quantitative estimate of drug-likeness (QED) is 0.597. The van der Waals surface area contributed by atoms with E-state index in [9.17, 15) is 8.78 Å². The van der Waals surface area contributed by atoms with Gasteiger partial charge in [0.2, 0.25) is 0 Å². The van der Waals surface area contributed by atoms with E-state index >= 15 is 0 Å². The maximum atomic E-state index is 13.9. The SMILES string of the molecule is CCCNC(Cc1ccc(F)cc1F)c1cc(Br)c(Br)s1. The molecule has 21 heavy (non-hydrogen) atoms. The van der Waals surface area contributed by atoms with Gasteiger partial charge in [0, 0.05) is 21.5 Å². The molecule has 0 amide bonds. The Balaban J connectivity index is 2.23. The van der Waals surface area contributed by atoms with Gasteiger partial charge >= 0.3 is 0 Å². The van der Waals surface area contributed by atoms with Crippen LogP contribution < -0.4 is 5.32 Å². The Morgan fingerprint density at radius 3 is 2.57 bits per heavy atom. The summed E-state index contributed by atoms with van der Waals surface area (Å²) >= 11 is 8.57. The number of benzene rings is 1. The summed E-state index contributed by atoms with van der Waals surface area (Å²) in [5, 5.41) is 3.42. The van der Waals surface area contributed by atoms with Crippen molar-refractivity contribution >= 4 is 43.2 Å². The first kappa shape index (κ1) is 17.1. The van der Waals surface area contributed by atoms with Crippen molar-refractivity contribution in [3.63, 3.8) is 0 Å². The summed E-state index contributed by atoms with van der Waals surface area (Å²) in [5.74, 6) is -1.04. The molecular weight excluding hydrogens is 424 g/mol. The summed E-state index contributed by atoms with van der Waals surface area (Å²) in [6.45, 7) is 2.93. The topological polar surface area (TPSA) is 12.0 Å². The Morgan fingerprint density at radius 2 is 2.00 bits per heavy atom. The van der Waals surface area contributed by atoms with E-state index in [1.807, 2.05) is 6.07 Å². The predicted molar refractivity (Wildman–Crippen MR) is 90.8 cm³/mol. The summed E-state index contributed by atoms with van der Waals surface area (Å²) in [7, 11) is 0. The average Bonchev–Trinajstić information content (AvgIpc) is 2.77. The van der Waals surface area contributed by atoms with Crippen molar-refractivity contribution in [3.05, 3.63) is 54.6 Å². The third-order valence-electron chi connectivity index (χ3n) is 3.09. The van der Waals surface area contributed by atoms with Crippen molar-refractivity contribution in [1.82, 2.24) is 5.32 Å². The van der Waals surface area contributed by atoms with Gasteiger partial charge in [-0.15, -0.1) is 11.3 Å². The van der Waals surface area contributed by atoms with Crippen molar-refractivity contribution in [3.8, 4) is 0 Å². The van der Waals surface area contributed by atoms with Crippen molar-refractivity contribution < 1.29 is 8.78 Å². The van der Waals surface area contributed by atoms with Gasteiger partial charge in [0.1, 0.15) is 11.6 Å². The van der Waals surface area contributed by atoms with Gasteiger partial charge in [-0.3, -0.25) is 0 Å². The lowest BCUT2D eigenvalue weighted by Gasteiger charge is -2.17. The molecule has 0 fully saturated rings. The van der Waals surface area contributed by atoms with Crippen molar-refractivity contribution in [1.29, 1.82) is 0 Å².